The van der Waals surface area contributed by atoms with Gasteiger partial charge in [-0.2, -0.15) is 0 Å². The van der Waals surface area contributed by atoms with Crippen molar-refractivity contribution in [1.29, 1.82) is 0 Å². The summed E-state index contributed by atoms with van der Waals surface area (Å²) < 4.78 is 18.6. The summed E-state index contributed by atoms with van der Waals surface area (Å²) in [4.78, 5) is 40.5. The molecule has 0 radical (unpaired) electrons. The van der Waals surface area contributed by atoms with Crippen molar-refractivity contribution in [3.8, 4) is 5.75 Å². The van der Waals surface area contributed by atoms with Crippen LogP contribution < -0.4 is 15.0 Å². The first-order valence-corrected chi connectivity index (χ1v) is 9.48. The van der Waals surface area contributed by atoms with Gasteiger partial charge >= 0.3 is 6.03 Å². The zero-order valence-corrected chi connectivity index (χ0v) is 16.5. The van der Waals surface area contributed by atoms with Crippen molar-refractivity contribution < 1.29 is 23.5 Å². The lowest BCUT2D eigenvalue weighted by Crippen LogP contribution is -2.38. The minimum absolute atomic E-state index is 0.100. The van der Waals surface area contributed by atoms with Crippen LogP contribution in [0.15, 0.2) is 61.2 Å². The zero-order valence-electron chi connectivity index (χ0n) is 16.5. The van der Waals surface area contributed by atoms with Crippen molar-refractivity contribution >= 4 is 29.2 Å². The minimum atomic E-state index is -0.983. The number of benzene rings is 2. The predicted molar refractivity (Wildman–Crippen MR) is 111 cm³/mol. The molecule has 1 fully saturated rings. The third kappa shape index (κ3) is 4.48. The van der Waals surface area contributed by atoms with Gasteiger partial charge in [0.05, 0.1) is 18.7 Å². The number of rotatable bonds is 8. The maximum absolute atomic E-state index is 13.2. The van der Waals surface area contributed by atoms with Crippen molar-refractivity contribution in [2.45, 2.75) is 19.4 Å². The third-order valence-corrected chi connectivity index (χ3v) is 4.56. The number of carbonyl (C=O) groups excluding carboxylic acids is 3. The van der Waals surface area contributed by atoms with E-state index in [9.17, 15) is 18.8 Å². The highest BCUT2D eigenvalue weighted by atomic mass is 19.1. The Balaban J connectivity index is 1.74. The third-order valence-electron chi connectivity index (χ3n) is 4.56. The minimum Gasteiger partial charge on any atom is -0.494 e. The van der Waals surface area contributed by atoms with Crippen LogP contribution in [0.5, 0.6) is 5.75 Å². The number of hydrogen-bond donors (Lipinski definition) is 1. The van der Waals surface area contributed by atoms with Gasteiger partial charge in [0.1, 0.15) is 17.6 Å². The first-order chi connectivity index (χ1) is 14.4. The summed E-state index contributed by atoms with van der Waals surface area (Å²) in [5.74, 6) is -0.762. The van der Waals surface area contributed by atoms with Crippen molar-refractivity contribution in [3.63, 3.8) is 0 Å². The molecule has 3 rings (SSSR count). The summed E-state index contributed by atoms with van der Waals surface area (Å²) in [6, 6.07) is 10.3. The van der Waals surface area contributed by atoms with Crippen LogP contribution in [-0.2, 0) is 9.59 Å². The van der Waals surface area contributed by atoms with E-state index in [0.29, 0.717) is 18.0 Å². The Morgan fingerprint density at radius 3 is 2.43 bits per heavy atom. The summed E-state index contributed by atoms with van der Waals surface area (Å²) in [5.41, 5.74) is 0.792. The van der Waals surface area contributed by atoms with Crippen LogP contribution >= 0.6 is 0 Å². The molecule has 0 bridgehead atoms. The molecule has 7 nitrogen and oxygen atoms in total. The molecule has 8 heteroatoms. The van der Waals surface area contributed by atoms with Crippen LogP contribution in [0.1, 0.15) is 13.3 Å². The number of halogens is 1. The van der Waals surface area contributed by atoms with E-state index in [0.717, 1.165) is 4.90 Å². The lowest BCUT2D eigenvalue weighted by Gasteiger charge is -2.19. The van der Waals surface area contributed by atoms with Gasteiger partial charge in [-0.1, -0.05) is 6.08 Å². The molecule has 0 aromatic heterocycles. The number of anilines is 2. The number of imide groups is 1. The monoisotopic (exact) mass is 411 g/mol. The van der Waals surface area contributed by atoms with Crippen LogP contribution in [0.25, 0.3) is 0 Å². The quantitative estimate of drug-likeness (QED) is 0.532. The molecule has 1 unspecified atom stereocenters. The molecule has 1 aliphatic rings. The standard InChI is InChI=1S/C22H22FN3O4/c1-3-13-25-19(14-20(27)24-16-7-11-18(12-8-16)30-4-2)21(28)26(22(25)29)17-9-5-15(23)6-10-17/h3,5-12,19H,1,4,13-14H2,2H3,(H,24,27). The maximum atomic E-state index is 13.2. The van der Waals surface area contributed by atoms with Crippen molar-refractivity contribution in [1.82, 2.24) is 4.90 Å². The van der Waals surface area contributed by atoms with E-state index in [4.69, 9.17) is 4.74 Å². The van der Waals surface area contributed by atoms with Crippen LogP contribution in [0.4, 0.5) is 20.6 Å². The van der Waals surface area contributed by atoms with Crippen LogP contribution in [0, 0.1) is 5.82 Å². The highest BCUT2D eigenvalue weighted by molar-refractivity contribution is 6.22. The van der Waals surface area contributed by atoms with Gasteiger partial charge in [0.15, 0.2) is 0 Å². The average Bonchev–Trinajstić information content (AvgIpc) is 2.95. The Hall–Kier alpha value is -3.68. The van der Waals surface area contributed by atoms with Crippen molar-refractivity contribution in [3.05, 3.63) is 67.0 Å². The summed E-state index contributed by atoms with van der Waals surface area (Å²) in [5, 5.41) is 2.72. The molecule has 1 N–H and O–H groups in total. The molecule has 0 spiro atoms. The van der Waals surface area contributed by atoms with Gasteiger partial charge < -0.3 is 15.0 Å². The highest BCUT2D eigenvalue weighted by Crippen LogP contribution is 2.27. The maximum Gasteiger partial charge on any atom is 0.332 e. The highest BCUT2D eigenvalue weighted by Gasteiger charge is 2.46. The summed E-state index contributed by atoms with van der Waals surface area (Å²) in [7, 11) is 0. The van der Waals surface area contributed by atoms with Crippen molar-refractivity contribution in [2.24, 2.45) is 0 Å². The molecule has 4 amide bonds. The molecule has 30 heavy (non-hydrogen) atoms. The second kappa shape index (κ2) is 9.21. The van der Waals surface area contributed by atoms with Gasteiger partial charge in [-0.05, 0) is 55.5 Å². The molecule has 0 aliphatic carbocycles. The molecule has 0 saturated carbocycles. The van der Waals surface area contributed by atoms with Crippen molar-refractivity contribution in [2.75, 3.05) is 23.4 Å². The fourth-order valence-corrected chi connectivity index (χ4v) is 3.20. The normalized spacial score (nSPS) is 16.0. The summed E-state index contributed by atoms with van der Waals surface area (Å²) >= 11 is 0. The topological polar surface area (TPSA) is 79.0 Å². The van der Waals surface area contributed by atoms with E-state index in [1.165, 1.54) is 35.2 Å². The first kappa shape index (κ1) is 21.0. The van der Waals surface area contributed by atoms with Crippen LogP contribution in [0.3, 0.4) is 0 Å². The Bertz CT molecular complexity index is 944. The summed E-state index contributed by atoms with van der Waals surface area (Å²) in [6.45, 7) is 6.12. The molecule has 2 aromatic rings. The Labute approximate surface area is 173 Å². The fraction of sp³-hybridized carbons (Fsp3) is 0.227. The zero-order chi connectivity index (χ0) is 21.7. The van der Waals surface area contributed by atoms with Crippen LogP contribution in [-0.4, -0.2) is 41.9 Å². The van der Waals surface area contributed by atoms with Crippen LogP contribution in [0.2, 0.25) is 0 Å². The lowest BCUT2D eigenvalue weighted by molar-refractivity contribution is -0.124. The lowest BCUT2D eigenvalue weighted by atomic mass is 10.1. The fourth-order valence-electron chi connectivity index (χ4n) is 3.20. The molecular weight excluding hydrogens is 389 g/mol. The largest absolute Gasteiger partial charge is 0.494 e. The second-order valence-corrected chi connectivity index (χ2v) is 6.60. The smallest absolute Gasteiger partial charge is 0.332 e. The van der Waals surface area contributed by atoms with E-state index in [2.05, 4.69) is 11.9 Å². The molecule has 2 aromatic carbocycles. The molecule has 1 saturated heterocycles. The summed E-state index contributed by atoms with van der Waals surface area (Å²) in [6.07, 6.45) is 1.26. The molecule has 156 valence electrons. The van der Waals surface area contributed by atoms with Gasteiger partial charge in [0, 0.05) is 12.2 Å². The number of hydrogen-bond acceptors (Lipinski definition) is 4. The predicted octanol–water partition coefficient (Wildman–Crippen LogP) is 3.58. The Kier molecular flexibility index (Phi) is 6.46. The molecule has 1 atom stereocenters. The van der Waals surface area contributed by atoms with Gasteiger partial charge in [0.2, 0.25) is 5.91 Å². The Morgan fingerprint density at radius 1 is 1.17 bits per heavy atom. The SMILES string of the molecule is C=CCN1C(=O)N(c2ccc(F)cc2)C(=O)C1CC(=O)Nc1ccc(OCC)cc1. The molecular formula is C22H22FN3O4. The number of nitrogens with one attached hydrogen (secondary N) is 1. The number of amides is 4. The van der Waals surface area contributed by atoms with Gasteiger partial charge in [-0.3, -0.25) is 9.59 Å². The Morgan fingerprint density at radius 2 is 1.83 bits per heavy atom. The number of ether oxygens (including phenoxy) is 1. The van der Waals surface area contributed by atoms with E-state index < -0.39 is 29.7 Å². The number of carbonyl (C=O) groups is 3. The number of nitrogens with zero attached hydrogens (tertiary/aromatic N) is 2. The van der Waals surface area contributed by atoms with E-state index in [1.54, 1.807) is 24.3 Å². The molecule has 1 heterocycles. The van der Waals surface area contributed by atoms with Gasteiger partial charge in [-0.25, -0.2) is 14.1 Å². The molecule has 1 aliphatic heterocycles. The van der Waals surface area contributed by atoms with E-state index in [-0.39, 0.29) is 18.7 Å². The van der Waals surface area contributed by atoms with Gasteiger partial charge in [-0.15, -0.1) is 6.58 Å². The number of urea groups is 1. The van der Waals surface area contributed by atoms with Gasteiger partial charge in [0.25, 0.3) is 5.91 Å². The second-order valence-electron chi connectivity index (χ2n) is 6.60. The average molecular weight is 411 g/mol. The van der Waals surface area contributed by atoms with E-state index >= 15 is 0 Å². The first-order valence-electron chi connectivity index (χ1n) is 9.48. The van der Waals surface area contributed by atoms with E-state index in [1.807, 2.05) is 6.92 Å².